The van der Waals surface area contributed by atoms with Crippen molar-refractivity contribution >= 4 is 15.9 Å². The fraction of sp³-hybridized carbons (Fsp3) is 0.571. The third-order valence-corrected chi connectivity index (χ3v) is 4.06. The topological polar surface area (TPSA) is 12.0 Å². The van der Waals surface area contributed by atoms with Crippen LogP contribution in [0.5, 0.6) is 0 Å². The summed E-state index contributed by atoms with van der Waals surface area (Å²) in [7, 11) is 0. The molecule has 1 fully saturated rings. The second kappa shape index (κ2) is 5.83. The van der Waals surface area contributed by atoms with Crippen LogP contribution in [-0.2, 0) is 0 Å². The van der Waals surface area contributed by atoms with Crippen LogP contribution in [0.25, 0.3) is 0 Å². The monoisotopic (exact) mass is 281 g/mol. The zero-order chi connectivity index (χ0) is 11.4. The maximum atomic E-state index is 3.55. The molecule has 1 heterocycles. The predicted octanol–water partition coefficient (Wildman–Crippen LogP) is 3.94. The van der Waals surface area contributed by atoms with E-state index in [1.165, 1.54) is 42.4 Å². The normalized spacial score (nSPS) is 19.6. The summed E-state index contributed by atoms with van der Waals surface area (Å²) in [5.74, 6) is 1.59. The molecule has 0 aliphatic carbocycles. The molecule has 0 amide bonds. The second-order valence-corrected chi connectivity index (χ2v) is 5.80. The van der Waals surface area contributed by atoms with Crippen molar-refractivity contribution in [3.05, 3.63) is 34.3 Å². The van der Waals surface area contributed by atoms with E-state index >= 15 is 0 Å². The molecule has 1 nitrogen and oxygen atoms in total. The van der Waals surface area contributed by atoms with Crippen molar-refractivity contribution in [3.8, 4) is 0 Å². The van der Waals surface area contributed by atoms with Crippen LogP contribution in [0.3, 0.4) is 0 Å². The van der Waals surface area contributed by atoms with E-state index in [1.54, 1.807) is 0 Å². The molecule has 1 saturated heterocycles. The van der Waals surface area contributed by atoms with Gasteiger partial charge in [0.2, 0.25) is 0 Å². The van der Waals surface area contributed by atoms with E-state index in [0.29, 0.717) is 5.92 Å². The molecule has 0 bridgehead atoms. The second-order valence-electron chi connectivity index (χ2n) is 4.89. The number of hydrogen-bond donors (Lipinski definition) is 1. The number of piperidine rings is 1. The standard InChI is InChI=1S/C14H20BrN/c1-11(9-12-5-7-16-8-6-12)13-3-2-4-14(15)10-13/h2-4,10-12,16H,5-9H2,1H3. The maximum absolute atomic E-state index is 3.55. The zero-order valence-electron chi connectivity index (χ0n) is 9.88. The number of halogens is 1. The van der Waals surface area contributed by atoms with Crippen LogP contribution in [0.4, 0.5) is 0 Å². The molecular formula is C14H20BrN. The first-order valence-corrected chi connectivity index (χ1v) is 7.01. The fourth-order valence-electron chi connectivity index (χ4n) is 2.57. The largest absolute Gasteiger partial charge is 0.317 e. The van der Waals surface area contributed by atoms with E-state index in [0.717, 1.165) is 5.92 Å². The molecular weight excluding hydrogens is 262 g/mol. The average Bonchev–Trinajstić information content (AvgIpc) is 2.30. The van der Waals surface area contributed by atoms with E-state index in [-0.39, 0.29) is 0 Å². The van der Waals surface area contributed by atoms with Crippen LogP contribution >= 0.6 is 15.9 Å². The Balaban J connectivity index is 1.94. The third-order valence-electron chi connectivity index (χ3n) is 3.56. The Morgan fingerprint density at radius 1 is 1.38 bits per heavy atom. The maximum Gasteiger partial charge on any atom is 0.0178 e. The Kier molecular flexibility index (Phi) is 4.42. The van der Waals surface area contributed by atoms with E-state index in [1.807, 2.05) is 0 Å². The van der Waals surface area contributed by atoms with Crippen LogP contribution in [0, 0.1) is 5.92 Å². The summed E-state index contributed by atoms with van der Waals surface area (Å²) in [6, 6.07) is 8.74. The Hall–Kier alpha value is -0.340. The highest BCUT2D eigenvalue weighted by atomic mass is 79.9. The van der Waals surface area contributed by atoms with Gasteiger partial charge in [0.1, 0.15) is 0 Å². The summed E-state index contributed by atoms with van der Waals surface area (Å²) >= 11 is 3.55. The molecule has 1 atom stereocenters. The van der Waals surface area contributed by atoms with Gasteiger partial charge < -0.3 is 5.32 Å². The number of nitrogens with one attached hydrogen (secondary N) is 1. The first-order valence-electron chi connectivity index (χ1n) is 6.22. The molecule has 1 aromatic carbocycles. The summed E-state index contributed by atoms with van der Waals surface area (Å²) < 4.78 is 1.20. The lowest BCUT2D eigenvalue weighted by molar-refractivity contribution is 0.336. The molecule has 0 spiro atoms. The highest BCUT2D eigenvalue weighted by Gasteiger charge is 2.17. The van der Waals surface area contributed by atoms with Crippen molar-refractivity contribution in [3.63, 3.8) is 0 Å². The van der Waals surface area contributed by atoms with Gasteiger partial charge in [0, 0.05) is 4.47 Å². The Morgan fingerprint density at radius 3 is 2.81 bits per heavy atom. The van der Waals surface area contributed by atoms with Crippen molar-refractivity contribution in [2.45, 2.75) is 32.1 Å². The average molecular weight is 282 g/mol. The van der Waals surface area contributed by atoms with Crippen LogP contribution in [-0.4, -0.2) is 13.1 Å². The van der Waals surface area contributed by atoms with Gasteiger partial charge in [-0.25, -0.2) is 0 Å². The third kappa shape index (κ3) is 3.33. The SMILES string of the molecule is CC(CC1CCNCC1)c1cccc(Br)c1. The van der Waals surface area contributed by atoms with Crippen molar-refractivity contribution in [2.24, 2.45) is 5.92 Å². The molecule has 1 aromatic rings. The van der Waals surface area contributed by atoms with Crippen molar-refractivity contribution < 1.29 is 0 Å². The molecule has 1 aliphatic rings. The number of rotatable bonds is 3. The van der Waals surface area contributed by atoms with Gasteiger partial charge in [-0.1, -0.05) is 35.0 Å². The zero-order valence-corrected chi connectivity index (χ0v) is 11.5. The van der Waals surface area contributed by atoms with E-state index in [4.69, 9.17) is 0 Å². The van der Waals surface area contributed by atoms with Crippen LogP contribution < -0.4 is 5.32 Å². The van der Waals surface area contributed by atoms with Crippen LogP contribution in [0.2, 0.25) is 0 Å². The van der Waals surface area contributed by atoms with Gasteiger partial charge in [0.25, 0.3) is 0 Å². The van der Waals surface area contributed by atoms with Crippen molar-refractivity contribution in [2.75, 3.05) is 13.1 Å². The molecule has 2 rings (SSSR count). The lowest BCUT2D eigenvalue weighted by atomic mass is 9.85. The quantitative estimate of drug-likeness (QED) is 0.885. The molecule has 0 aromatic heterocycles. The lowest BCUT2D eigenvalue weighted by Crippen LogP contribution is -2.28. The molecule has 0 saturated carbocycles. The van der Waals surface area contributed by atoms with Gasteiger partial charge in [-0.15, -0.1) is 0 Å². The predicted molar refractivity (Wildman–Crippen MR) is 72.8 cm³/mol. The van der Waals surface area contributed by atoms with E-state index in [2.05, 4.69) is 52.4 Å². The number of benzene rings is 1. The highest BCUT2D eigenvalue weighted by molar-refractivity contribution is 9.10. The van der Waals surface area contributed by atoms with Gasteiger partial charge in [0.15, 0.2) is 0 Å². The Labute approximate surface area is 107 Å². The minimum atomic E-state index is 0.681. The molecule has 16 heavy (non-hydrogen) atoms. The van der Waals surface area contributed by atoms with E-state index < -0.39 is 0 Å². The Bertz CT molecular complexity index is 331. The van der Waals surface area contributed by atoms with Gasteiger partial charge in [-0.3, -0.25) is 0 Å². The summed E-state index contributed by atoms with van der Waals surface area (Å²) in [5, 5.41) is 3.43. The van der Waals surface area contributed by atoms with Crippen LogP contribution in [0.15, 0.2) is 28.7 Å². The molecule has 88 valence electrons. The lowest BCUT2D eigenvalue weighted by Gasteiger charge is -2.25. The Morgan fingerprint density at radius 2 is 2.12 bits per heavy atom. The number of hydrogen-bond acceptors (Lipinski definition) is 1. The van der Waals surface area contributed by atoms with Gasteiger partial charge in [-0.2, -0.15) is 0 Å². The first kappa shape index (κ1) is 12.1. The fourth-order valence-corrected chi connectivity index (χ4v) is 2.98. The van der Waals surface area contributed by atoms with E-state index in [9.17, 15) is 0 Å². The summed E-state index contributed by atoms with van der Waals surface area (Å²) in [4.78, 5) is 0. The summed E-state index contributed by atoms with van der Waals surface area (Å²) in [6.07, 6.45) is 4.02. The van der Waals surface area contributed by atoms with Gasteiger partial charge >= 0.3 is 0 Å². The molecule has 0 radical (unpaired) electrons. The molecule has 1 aliphatic heterocycles. The molecule has 1 unspecified atom stereocenters. The van der Waals surface area contributed by atoms with Crippen LogP contribution in [0.1, 0.15) is 37.7 Å². The van der Waals surface area contributed by atoms with Gasteiger partial charge in [0.05, 0.1) is 0 Å². The smallest absolute Gasteiger partial charge is 0.0178 e. The minimum Gasteiger partial charge on any atom is -0.317 e. The summed E-state index contributed by atoms with van der Waals surface area (Å²) in [5.41, 5.74) is 1.47. The highest BCUT2D eigenvalue weighted by Crippen LogP contribution is 2.29. The summed E-state index contributed by atoms with van der Waals surface area (Å²) in [6.45, 7) is 4.76. The molecule has 2 heteroatoms. The van der Waals surface area contributed by atoms with Gasteiger partial charge in [-0.05, 0) is 61.9 Å². The minimum absolute atomic E-state index is 0.681. The molecule has 1 N–H and O–H groups in total. The van der Waals surface area contributed by atoms with Crippen molar-refractivity contribution in [1.29, 1.82) is 0 Å². The van der Waals surface area contributed by atoms with Crippen molar-refractivity contribution in [1.82, 2.24) is 5.32 Å². The first-order chi connectivity index (χ1) is 7.75.